The molecule has 0 aliphatic heterocycles. The van der Waals surface area contributed by atoms with Crippen LogP contribution in [0.4, 0.5) is 11.6 Å². The van der Waals surface area contributed by atoms with Crippen molar-refractivity contribution in [2.45, 2.75) is 0 Å². The molecule has 0 radical (unpaired) electrons. The number of fused-ring (bicyclic) bond motifs is 1. The minimum absolute atomic E-state index is 0.0457. The predicted octanol–water partition coefficient (Wildman–Crippen LogP) is 0.484. The maximum absolute atomic E-state index is 5.95. The maximum Gasteiger partial charge on any atom is 0.186 e. The van der Waals surface area contributed by atoms with Gasteiger partial charge < -0.3 is 23.0 Å². The minimum Gasteiger partial charge on any atom is -0.382 e. The number of hydrazone groups is 1. The highest BCUT2D eigenvalue weighted by Crippen LogP contribution is 2.23. The molecule has 10 heteroatoms. The summed E-state index contributed by atoms with van der Waals surface area (Å²) in [6.45, 7) is 0. The van der Waals surface area contributed by atoms with Gasteiger partial charge in [0.1, 0.15) is 5.69 Å². The lowest BCUT2D eigenvalue weighted by Crippen LogP contribution is -2.20. The number of benzene rings is 1. The summed E-state index contributed by atoms with van der Waals surface area (Å²) in [5.41, 5.74) is 18.8. The van der Waals surface area contributed by atoms with Crippen LogP contribution >= 0.6 is 11.6 Å². The molecule has 0 fully saturated rings. The van der Waals surface area contributed by atoms with Gasteiger partial charge in [-0.1, -0.05) is 11.6 Å². The number of amidine groups is 1. The summed E-state index contributed by atoms with van der Waals surface area (Å²) in [5, 5.41) is 3.95. The molecule has 1 aromatic carbocycles. The van der Waals surface area contributed by atoms with Crippen LogP contribution in [0.3, 0.4) is 0 Å². The van der Waals surface area contributed by atoms with Crippen LogP contribution in [-0.4, -0.2) is 25.8 Å². The molecule has 0 aliphatic rings. The highest BCUT2D eigenvalue weighted by atomic mass is 35.5. The van der Waals surface area contributed by atoms with Crippen LogP contribution in [0.15, 0.2) is 29.4 Å². The smallest absolute Gasteiger partial charge is 0.186 e. The van der Waals surface area contributed by atoms with Gasteiger partial charge in [0.15, 0.2) is 34.5 Å². The van der Waals surface area contributed by atoms with Gasteiger partial charge in [-0.3, -0.25) is 0 Å². The zero-order chi connectivity index (χ0) is 16.6. The Morgan fingerprint density at radius 3 is 2.30 bits per heavy atom. The highest BCUT2D eigenvalue weighted by molar-refractivity contribution is 6.30. The number of aromatic nitrogens is 4. The summed E-state index contributed by atoms with van der Waals surface area (Å²) < 4.78 is 0. The lowest BCUT2D eigenvalue weighted by molar-refractivity contribution is 1.14. The molecule has 0 unspecified atom stereocenters. The summed E-state index contributed by atoms with van der Waals surface area (Å²) in [7, 11) is 0. The molecule has 23 heavy (non-hydrogen) atoms. The van der Waals surface area contributed by atoms with E-state index in [9.17, 15) is 0 Å². The van der Waals surface area contributed by atoms with Gasteiger partial charge in [-0.15, -0.1) is 0 Å². The molecule has 3 rings (SSSR count). The third-order valence-electron chi connectivity index (χ3n) is 3.07. The monoisotopic (exact) mass is 329 g/mol. The van der Waals surface area contributed by atoms with E-state index in [2.05, 4.69) is 25.0 Å². The van der Waals surface area contributed by atoms with Gasteiger partial charge in [-0.2, -0.15) is 5.10 Å². The third kappa shape index (κ3) is 2.64. The van der Waals surface area contributed by atoms with Gasteiger partial charge in [0, 0.05) is 10.6 Å². The molecule has 0 amide bonds. The van der Waals surface area contributed by atoms with Crippen molar-refractivity contribution in [2.24, 2.45) is 16.7 Å². The average molecular weight is 330 g/mol. The number of halogens is 1. The van der Waals surface area contributed by atoms with Crippen molar-refractivity contribution in [1.82, 2.24) is 19.9 Å². The fraction of sp³-hybridized carbons (Fsp3) is 0. The van der Waals surface area contributed by atoms with Gasteiger partial charge in [-0.25, -0.2) is 19.9 Å². The Kier molecular flexibility index (Phi) is 3.54. The van der Waals surface area contributed by atoms with Crippen LogP contribution in [0.5, 0.6) is 0 Å². The van der Waals surface area contributed by atoms with Crippen LogP contribution in [0, 0.1) is 0 Å². The lowest BCUT2D eigenvalue weighted by Gasteiger charge is -2.08. The zero-order valence-corrected chi connectivity index (χ0v) is 12.5. The minimum atomic E-state index is -0.0573. The van der Waals surface area contributed by atoms with E-state index in [4.69, 9.17) is 34.6 Å². The summed E-state index contributed by atoms with van der Waals surface area (Å²) in [6, 6.07) is 6.99. The van der Waals surface area contributed by atoms with E-state index in [1.165, 1.54) is 0 Å². The summed E-state index contributed by atoms with van der Waals surface area (Å²) in [5.74, 6) is 5.64. The fourth-order valence-electron chi connectivity index (χ4n) is 1.96. The van der Waals surface area contributed by atoms with E-state index >= 15 is 0 Å². The normalized spacial score (nSPS) is 11.8. The van der Waals surface area contributed by atoms with Crippen molar-refractivity contribution in [3.05, 3.63) is 35.0 Å². The zero-order valence-electron chi connectivity index (χ0n) is 11.7. The molecule has 8 N–H and O–H groups in total. The standard InChI is InChI=1S/C13H12ClN9/c14-6-3-1-5(2-4-6)12-20-10(16)8-13(22-12)21-9(15)7(19-8)11(17)23-18/h1-4H,18H2,(H2,17,23)(H4,15,16,20,21,22). The predicted molar refractivity (Wildman–Crippen MR) is 89.3 cm³/mol. The van der Waals surface area contributed by atoms with E-state index in [0.29, 0.717) is 10.8 Å². The quantitative estimate of drug-likeness (QED) is 0.228. The third-order valence-corrected chi connectivity index (χ3v) is 3.32. The second-order valence-electron chi connectivity index (χ2n) is 4.58. The molecule has 0 aliphatic carbocycles. The van der Waals surface area contributed by atoms with Crippen molar-refractivity contribution >= 4 is 40.2 Å². The topological polar surface area (TPSA) is 168 Å². The molecular weight excluding hydrogens is 318 g/mol. The molecule has 0 atom stereocenters. The van der Waals surface area contributed by atoms with Crippen LogP contribution in [0.1, 0.15) is 5.69 Å². The van der Waals surface area contributed by atoms with Crippen LogP contribution in [0.2, 0.25) is 5.02 Å². The number of hydrogen-bond acceptors (Lipinski definition) is 8. The van der Waals surface area contributed by atoms with E-state index in [1.807, 2.05) is 0 Å². The Bertz CT molecular complexity index is 921. The van der Waals surface area contributed by atoms with Crippen LogP contribution in [-0.2, 0) is 0 Å². The van der Waals surface area contributed by atoms with Crippen LogP contribution < -0.4 is 23.0 Å². The first-order valence-corrected chi connectivity index (χ1v) is 6.77. The number of nitrogens with two attached hydrogens (primary N) is 4. The SMILES string of the molecule is NN=C(N)c1nc2c(N)nc(-c3ccc(Cl)cc3)nc2nc1N. The molecule has 9 nitrogen and oxygen atoms in total. The van der Waals surface area contributed by atoms with E-state index in [1.54, 1.807) is 24.3 Å². The fourth-order valence-corrected chi connectivity index (χ4v) is 2.08. The molecule has 0 saturated carbocycles. The Labute approximate surface area is 135 Å². The summed E-state index contributed by atoms with van der Waals surface area (Å²) in [6.07, 6.45) is 0. The second-order valence-corrected chi connectivity index (χ2v) is 5.02. The number of rotatable bonds is 2. The van der Waals surface area contributed by atoms with Gasteiger partial charge in [0.05, 0.1) is 0 Å². The summed E-state index contributed by atoms with van der Waals surface area (Å²) >= 11 is 5.87. The Morgan fingerprint density at radius 1 is 0.957 bits per heavy atom. The molecule has 2 aromatic heterocycles. The molecule has 0 spiro atoms. The van der Waals surface area contributed by atoms with Gasteiger partial charge in [-0.05, 0) is 24.3 Å². The van der Waals surface area contributed by atoms with E-state index in [-0.39, 0.29) is 34.3 Å². The molecule has 0 saturated heterocycles. The number of anilines is 2. The summed E-state index contributed by atoms with van der Waals surface area (Å²) in [4.78, 5) is 16.9. The van der Waals surface area contributed by atoms with Crippen molar-refractivity contribution in [3.8, 4) is 11.4 Å². The first-order valence-electron chi connectivity index (χ1n) is 6.40. The Hall–Kier alpha value is -3.20. The van der Waals surface area contributed by atoms with Gasteiger partial charge >= 0.3 is 0 Å². The van der Waals surface area contributed by atoms with Gasteiger partial charge in [0.2, 0.25) is 0 Å². The van der Waals surface area contributed by atoms with E-state index < -0.39 is 0 Å². The first kappa shape index (κ1) is 14.7. The molecular formula is C13H12ClN9. The first-order chi connectivity index (χ1) is 11.0. The molecule has 0 bridgehead atoms. The van der Waals surface area contributed by atoms with Crippen molar-refractivity contribution in [1.29, 1.82) is 0 Å². The largest absolute Gasteiger partial charge is 0.382 e. The van der Waals surface area contributed by atoms with Crippen molar-refractivity contribution in [2.75, 3.05) is 11.5 Å². The van der Waals surface area contributed by atoms with Crippen LogP contribution in [0.25, 0.3) is 22.6 Å². The lowest BCUT2D eigenvalue weighted by atomic mass is 10.2. The molecule has 116 valence electrons. The van der Waals surface area contributed by atoms with Gasteiger partial charge in [0.25, 0.3) is 0 Å². The van der Waals surface area contributed by atoms with Crippen molar-refractivity contribution in [3.63, 3.8) is 0 Å². The Balaban J connectivity index is 2.21. The average Bonchev–Trinajstić information content (AvgIpc) is 2.54. The number of hydrogen-bond donors (Lipinski definition) is 4. The molecule has 2 heterocycles. The second kappa shape index (κ2) is 5.54. The molecule has 3 aromatic rings. The number of nitrogen functional groups attached to an aromatic ring is 2. The maximum atomic E-state index is 5.95. The highest BCUT2D eigenvalue weighted by Gasteiger charge is 2.15. The Morgan fingerprint density at radius 2 is 1.65 bits per heavy atom. The van der Waals surface area contributed by atoms with Crippen molar-refractivity contribution < 1.29 is 0 Å². The van der Waals surface area contributed by atoms with E-state index in [0.717, 1.165) is 5.56 Å². The number of nitrogens with zero attached hydrogens (tertiary/aromatic N) is 5.